The first-order valence-corrected chi connectivity index (χ1v) is 11.3. The Labute approximate surface area is 187 Å². The number of methoxy groups -OCH3 is 1. The Morgan fingerprint density at radius 1 is 1.26 bits per heavy atom. The van der Waals surface area contributed by atoms with Gasteiger partial charge >= 0.3 is 0 Å². The van der Waals surface area contributed by atoms with E-state index in [4.69, 9.17) is 9.73 Å². The topological polar surface area (TPSA) is 66.3 Å². The van der Waals surface area contributed by atoms with E-state index < -0.39 is 6.17 Å². The minimum absolute atomic E-state index is 0.180. The second-order valence-electron chi connectivity index (χ2n) is 5.79. The zero-order valence-corrected chi connectivity index (χ0v) is 19.5. The summed E-state index contributed by atoms with van der Waals surface area (Å²) in [4.78, 5) is 17.8. The molecule has 0 fully saturated rings. The molecule has 1 N–H and O–H groups in total. The van der Waals surface area contributed by atoms with Crippen LogP contribution in [0.3, 0.4) is 0 Å². The molecule has 2 aliphatic rings. The lowest BCUT2D eigenvalue weighted by atomic mass is 10.1. The third-order valence-electron chi connectivity index (χ3n) is 4.23. The molecule has 27 heavy (non-hydrogen) atoms. The Kier molecular flexibility index (Phi) is 5.34. The number of hydrogen-bond acceptors (Lipinski definition) is 6. The largest absolute Gasteiger partial charge is 0.495 e. The van der Waals surface area contributed by atoms with Gasteiger partial charge in [0.25, 0.3) is 5.91 Å². The summed E-state index contributed by atoms with van der Waals surface area (Å²) in [7, 11) is 1.65. The maximum Gasteiger partial charge on any atom is 0.276 e. The molecule has 1 atom stereocenters. The third kappa shape index (κ3) is 3.33. The molecule has 0 spiro atoms. The highest BCUT2D eigenvalue weighted by Crippen LogP contribution is 2.38. The molecule has 0 saturated carbocycles. The lowest BCUT2D eigenvalue weighted by Gasteiger charge is -2.34. The van der Waals surface area contributed by atoms with Gasteiger partial charge in [-0.2, -0.15) is 0 Å². The van der Waals surface area contributed by atoms with Gasteiger partial charge in [-0.1, -0.05) is 30.0 Å². The van der Waals surface area contributed by atoms with Gasteiger partial charge < -0.3 is 4.74 Å². The lowest BCUT2D eigenvalue weighted by Crippen LogP contribution is -2.50. The van der Waals surface area contributed by atoms with E-state index in [-0.39, 0.29) is 5.91 Å². The number of carbonyl (C=O) groups excluding carboxylic acids is 1. The quantitative estimate of drug-likeness (QED) is 0.536. The Bertz CT molecular complexity index is 1100. The van der Waals surface area contributed by atoms with Crippen molar-refractivity contribution in [2.24, 2.45) is 10.1 Å². The van der Waals surface area contributed by atoms with Gasteiger partial charge in [-0.15, -0.1) is 5.10 Å². The summed E-state index contributed by atoms with van der Waals surface area (Å²) in [6.07, 6.45) is 1.39. The van der Waals surface area contributed by atoms with Gasteiger partial charge in [0.15, 0.2) is 11.3 Å². The number of thioether (sulfide) groups is 1. The number of rotatable bonds is 2. The van der Waals surface area contributed by atoms with Crippen molar-refractivity contribution >= 4 is 73.7 Å². The molecule has 0 aliphatic carbocycles. The average Bonchev–Trinajstić information content (AvgIpc) is 2.66. The molecule has 0 radical (unpaired) electrons. The van der Waals surface area contributed by atoms with Crippen LogP contribution in [0.25, 0.3) is 5.70 Å². The SMILES string of the molecule is COc1c(I)cc(I)cc1[C@@H]1N=c2ccccc2=C2C(=O)NC(SC)=NN21. The standard InChI is InChI=1S/C18H14I2N4O2S/c1-26-15-11(7-9(19)8-12(15)20)16-21-13-6-4-3-5-10(13)14-17(25)22-18(27-2)23-24(14)16/h3-8,16H,1-2H3,(H,22,23,25)/t16-/m1/s1. The smallest absolute Gasteiger partial charge is 0.276 e. The highest BCUT2D eigenvalue weighted by atomic mass is 127. The van der Waals surface area contributed by atoms with Gasteiger partial charge in [0.1, 0.15) is 11.4 Å². The van der Waals surface area contributed by atoms with Crippen LogP contribution in [-0.4, -0.2) is 29.4 Å². The molecule has 9 heteroatoms. The molecule has 0 saturated heterocycles. The number of amides is 1. The van der Waals surface area contributed by atoms with E-state index in [9.17, 15) is 4.79 Å². The number of nitrogens with one attached hydrogen (secondary N) is 1. The minimum Gasteiger partial charge on any atom is -0.495 e. The van der Waals surface area contributed by atoms with Gasteiger partial charge in [-0.05, 0) is 69.6 Å². The number of para-hydroxylation sites is 1. The van der Waals surface area contributed by atoms with Crippen molar-refractivity contribution in [2.45, 2.75) is 6.17 Å². The predicted molar refractivity (Wildman–Crippen MR) is 123 cm³/mol. The number of fused-ring (bicyclic) bond motifs is 2. The van der Waals surface area contributed by atoms with Gasteiger partial charge in [-0.25, -0.2) is 5.01 Å². The third-order valence-corrected chi connectivity index (χ3v) is 6.22. The van der Waals surface area contributed by atoms with E-state index in [0.29, 0.717) is 10.9 Å². The second-order valence-corrected chi connectivity index (χ2v) is 8.99. The molecule has 6 nitrogen and oxygen atoms in total. The van der Waals surface area contributed by atoms with Crippen molar-refractivity contribution in [1.82, 2.24) is 10.3 Å². The first-order chi connectivity index (χ1) is 13.0. The molecule has 2 aliphatic heterocycles. The number of hydrogen-bond donors (Lipinski definition) is 1. The van der Waals surface area contributed by atoms with Crippen molar-refractivity contribution in [2.75, 3.05) is 13.4 Å². The lowest BCUT2D eigenvalue weighted by molar-refractivity contribution is -0.116. The minimum atomic E-state index is -0.485. The number of halogens is 2. The normalized spacial score (nSPS) is 18.1. The highest BCUT2D eigenvalue weighted by molar-refractivity contribution is 14.1. The summed E-state index contributed by atoms with van der Waals surface area (Å²) < 4.78 is 7.73. The number of nitrogens with zero attached hydrogens (tertiary/aromatic N) is 3. The maximum atomic E-state index is 12.9. The number of benzene rings is 2. The summed E-state index contributed by atoms with van der Waals surface area (Å²) in [5.74, 6) is 0.566. The summed E-state index contributed by atoms with van der Waals surface area (Å²) in [6, 6.07) is 11.7. The Morgan fingerprint density at radius 3 is 2.78 bits per heavy atom. The van der Waals surface area contributed by atoms with E-state index in [1.54, 1.807) is 12.1 Å². The first kappa shape index (κ1) is 19.0. The molecule has 2 aromatic carbocycles. The van der Waals surface area contributed by atoms with Gasteiger partial charge in [0.05, 0.1) is 16.0 Å². The second kappa shape index (κ2) is 7.59. The first-order valence-electron chi connectivity index (χ1n) is 7.96. The van der Waals surface area contributed by atoms with Crippen LogP contribution in [0.5, 0.6) is 5.75 Å². The van der Waals surface area contributed by atoms with Crippen molar-refractivity contribution < 1.29 is 9.53 Å². The molecular formula is C18H14I2N4O2S. The average molecular weight is 604 g/mol. The Morgan fingerprint density at radius 2 is 2.04 bits per heavy atom. The molecule has 2 heterocycles. The highest BCUT2D eigenvalue weighted by Gasteiger charge is 2.35. The molecule has 0 bridgehead atoms. The summed E-state index contributed by atoms with van der Waals surface area (Å²) in [5.41, 5.74) is 1.37. The van der Waals surface area contributed by atoms with Crippen LogP contribution in [0.2, 0.25) is 0 Å². The summed E-state index contributed by atoms with van der Waals surface area (Å²) in [5, 5.41) is 11.3. The zero-order valence-electron chi connectivity index (χ0n) is 14.4. The Hall–Kier alpha value is -1.34. The summed E-state index contributed by atoms with van der Waals surface area (Å²) in [6.45, 7) is 0. The van der Waals surface area contributed by atoms with Crippen LogP contribution in [0, 0.1) is 7.14 Å². The van der Waals surface area contributed by atoms with Crippen LogP contribution in [0.15, 0.2) is 46.5 Å². The molecular weight excluding hydrogens is 590 g/mol. The van der Waals surface area contributed by atoms with E-state index in [2.05, 4.69) is 55.6 Å². The number of amidine groups is 1. The van der Waals surface area contributed by atoms with Crippen molar-refractivity contribution in [3.8, 4) is 5.75 Å². The van der Waals surface area contributed by atoms with Crippen molar-refractivity contribution in [3.63, 3.8) is 0 Å². The number of hydrazone groups is 1. The monoisotopic (exact) mass is 604 g/mol. The fourth-order valence-electron chi connectivity index (χ4n) is 3.11. The van der Waals surface area contributed by atoms with E-state index in [0.717, 1.165) is 29.0 Å². The zero-order chi connectivity index (χ0) is 19.1. The van der Waals surface area contributed by atoms with Gasteiger partial charge in [0, 0.05) is 14.4 Å². The van der Waals surface area contributed by atoms with Gasteiger partial charge in [-0.3, -0.25) is 15.1 Å². The molecule has 138 valence electrons. The van der Waals surface area contributed by atoms with E-state index in [1.165, 1.54) is 11.8 Å². The fraction of sp³-hybridized carbons (Fsp3) is 0.167. The molecule has 0 unspecified atom stereocenters. The predicted octanol–water partition coefficient (Wildman–Crippen LogP) is 2.41. The van der Waals surface area contributed by atoms with Crippen molar-refractivity contribution in [3.05, 3.63) is 59.7 Å². The maximum absolute atomic E-state index is 12.9. The van der Waals surface area contributed by atoms with Crippen LogP contribution in [-0.2, 0) is 4.79 Å². The molecule has 0 aromatic heterocycles. The molecule has 1 amide bonds. The van der Waals surface area contributed by atoms with E-state index >= 15 is 0 Å². The number of ether oxygens (including phenoxy) is 1. The Balaban J connectivity index is 2.03. The number of carbonyl (C=O) groups is 1. The molecule has 4 rings (SSSR count). The van der Waals surface area contributed by atoms with Crippen LogP contribution in [0.1, 0.15) is 11.7 Å². The van der Waals surface area contributed by atoms with Crippen LogP contribution in [0.4, 0.5) is 0 Å². The van der Waals surface area contributed by atoms with E-state index in [1.807, 2.05) is 42.7 Å². The van der Waals surface area contributed by atoms with Crippen LogP contribution >= 0.6 is 56.9 Å². The molecule has 2 aromatic rings. The van der Waals surface area contributed by atoms with Crippen molar-refractivity contribution in [1.29, 1.82) is 0 Å². The summed E-state index contributed by atoms with van der Waals surface area (Å²) >= 11 is 5.92. The van der Waals surface area contributed by atoms with Gasteiger partial charge in [0.2, 0.25) is 0 Å². The fourth-order valence-corrected chi connectivity index (χ4v) is 5.58. The van der Waals surface area contributed by atoms with Crippen LogP contribution < -0.4 is 20.6 Å².